The number of carbonyl (C=O) groups is 2. The van der Waals surface area contributed by atoms with Gasteiger partial charge in [0.25, 0.3) is 11.8 Å². The highest BCUT2D eigenvalue weighted by Gasteiger charge is 2.38. The summed E-state index contributed by atoms with van der Waals surface area (Å²) in [7, 11) is 0. The van der Waals surface area contributed by atoms with Gasteiger partial charge < -0.3 is 9.80 Å². The van der Waals surface area contributed by atoms with Gasteiger partial charge in [-0.05, 0) is 49.7 Å². The van der Waals surface area contributed by atoms with Crippen molar-refractivity contribution in [3.8, 4) is 0 Å². The van der Waals surface area contributed by atoms with Crippen molar-refractivity contribution in [2.45, 2.75) is 45.4 Å². The Kier molecular flexibility index (Phi) is 5.86. The van der Waals surface area contributed by atoms with E-state index in [-0.39, 0.29) is 36.3 Å². The zero-order valence-corrected chi connectivity index (χ0v) is 20.3. The normalized spacial score (nSPS) is 18.5. The second-order valence-electron chi connectivity index (χ2n) is 8.84. The first kappa shape index (κ1) is 22.9. The lowest BCUT2D eigenvalue weighted by molar-refractivity contribution is 0.0605. The summed E-state index contributed by atoms with van der Waals surface area (Å²) in [5.41, 5.74) is 3.47. The Bertz CT molecular complexity index is 1290. The Balaban J connectivity index is 1.44. The van der Waals surface area contributed by atoms with Crippen molar-refractivity contribution in [1.82, 2.24) is 19.6 Å². The van der Waals surface area contributed by atoms with Crippen molar-refractivity contribution in [2.24, 2.45) is 0 Å². The molecule has 9 heteroatoms. The van der Waals surface area contributed by atoms with Gasteiger partial charge in [0.2, 0.25) is 0 Å². The molecule has 0 spiro atoms. The Labute approximate surface area is 206 Å². The average Bonchev–Trinajstić information content (AvgIpc) is 3.18. The number of carbonyl (C=O) groups excluding carboxylic acids is 2. The van der Waals surface area contributed by atoms with E-state index in [0.717, 1.165) is 16.8 Å². The second-order valence-corrected chi connectivity index (χ2v) is 9.65. The third-order valence-corrected chi connectivity index (χ3v) is 7.49. The standard InChI is InChI=1S/C25H23Cl2FN4O2/c1-14-11-22-19(13-31(14)24(33)17-5-8-20(26)21(27)12-17)23-25(34)30(9-10-32(23)29-22)15(2)16-3-6-18(28)7-4-16/h3-8,12,14-15H,9-11,13H2,1-2H3/t14-,15+/m1/s1. The van der Waals surface area contributed by atoms with Crippen molar-refractivity contribution < 1.29 is 14.0 Å². The molecule has 0 saturated heterocycles. The van der Waals surface area contributed by atoms with Crippen molar-refractivity contribution >= 4 is 35.0 Å². The summed E-state index contributed by atoms with van der Waals surface area (Å²) >= 11 is 12.1. The minimum absolute atomic E-state index is 0.0873. The minimum Gasteiger partial charge on any atom is -0.331 e. The van der Waals surface area contributed by atoms with Crippen LogP contribution in [-0.2, 0) is 19.5 Å². The van der Waals surface area contributed by atoms with Gasteiger partial charge in [0, 0.05) is 30.1 Å². The quantitative estimate of drug-likeness (QED) is 0.500. The summed E-state index contributed by atoms with van der Waals surface area (Å²) < 4.78 is 15.1. The van der Waals surface area contributed by atoms with Crippen LogP contribution in [0.5, 0.6) is 0 Å². The molecule has 5 rings (SSSR count). The van der Waals surface area contributed by atoms with Crippen LogP contribution in [0.3, 0.4) is 0 Å². The van der Waals surface area contributed by atoms with Gasteiger partial charge in [-0.2, -0.15) is 5.10 Å². The van der Waals surface area contributed by atoms with Gasteiger partial charge in [0.1, 0.15) is 11.5 Å². The van der Waals surface area contributed by atoms with E-state index in [1.807, 2.05) is 13.8 Å². The van der Waals surface area contributed by atoms with Gasteiger partial charge in [-0.25, -0.2) is 4.39 Å². The van der Waals surface area contributed by atoms with Gasteiger partial charge in [-0.1, -0.05) is 35.3 Å². The van der Waals surface area contributed by atoms with Crippen LogP contribution in [-0.4, -0.2) is 44.0 Å². The van der Waals surface area contributed by atoms with E-state index < -0.39 is 0 Å². The first-order chi connectivity index (χ1) is 16.2. The molecule has 176 valence electrons. The Morgan fingerprint density at radius 3 is 2.56 bits per heavy atom. The van der Waals surface area contributed by atoms with E-state index in [9.17, 15) is 14.0 Å². The summed E-state index contributed by atoms with van der Waals surface area (Å²) in [5, 5.41) is 5.41. The molecule has 0 bridgehead atoms. The third-order valence-electron chi connectivity index (χ3n) is 6.75. The van der Waals surface area contributed by atoms with E-state index in [0.29, 0.717) is 40.8 Å². The molecule has 1 aromatic heterocycles. The molecule has 6 nitrogen and oxygen atoms in total. The van der Waals surface area contributed by atoms with Crippen LogP contribution < -0.4 is 0 Å². The average molecular weight is 501 g/mol. The SMILES string of the molecule is C[C@@H]1Cc2nn3c(c2CN1C(=O)c1ccc(Cl)c(Cl)c1)C(=O)N([C@@H](C)c1ccc(F)cc1)CC3. The van der Waals surface area contributed by atoms with Crippen molar-refractivity contribution in [3.63, 3.8) is 0 Å². The molecule has 3 aromatic rings. The summed E-state index contributed by atoms with van der Waals surface area (Å²) in [6.07, 6.45) is 0.559. The highest BCUT2D eigenvalue weighted by molar-refractivity contribution is 6.42. The van der Waals surface area contributed by atoms with Gasteiger partial charge in [0.05, 0.1) is 34.9 Å². The molecule has 0 saturated carbocycles. The lowest BCUT2D eigenvalue weighted by Crippen LogP contribution is -2.44. The molecule has 2 aromatic carbocycles. The first-order valence-electron chi connectivity index (χ1n) is 11.2. The van der Waals surface area contributed by atoms with Gasteiger partial charge in [-0.15, -0.1) is 0 Å². The number of hydrogen-bond acceptors (Lipinski definition) is 3. The van der Waals surface area contributed by atoms with E-state index in [1.165, 1.54) is 12.1 Å². The molecule has 2 aliphatic heterocycles. The molecular formula is C25H23Cl2FN4O2. The second kappa shape index (κ2) is 8.71. The van der Waals surface area contributed by atoms with E-state index in [2.05, 4.69) is 0 Å². The number of amides is 2. The number of rotatable bonds is 3. The molecule has 0 N–H and O–H groups in total. The fraction of sp³-hybridized carbons (Fsp3) is 0.320. The van der Waals surface area contributed by atoms with E-state index >= 15 is 0 Å². The molecule has 2 atom stereocenters. The summed E-state index contributed by atoms with van der Waals surface area (Å²) in [5.74, 6) is -0.612. The maximum atomic E-state index is 13.6. The highest BCUT2D eigenvalue weighted by Crippen LogP contribution is 2.33. The van der Waals surface area contributed by atoms with Crippen LogP contribution in [0.2, 0.25) is 10.0 Å². The first-order valence-corrected chi connectivity index (χ1v) is 11.9. The minimum atomic E-state index is -0.311. The van der Waals surface area contributed by atoms with Gasteiger partial charge in [-0.3, -0.25) is 14.3 Å². The lowest BCUT2D eigenvalue weighted by Gasteiger charge is -2.35. The third kappa shape index (κ3) is 3.87. The van der Waals surface area contributed by atoms with Crippen LogP contribution in [0.15, 0.2) is 42.5 Å². The number of fused-ring (bicyclic) bond motifs is 3. The summed E-state index contributed by atoms with van der Waals surface area (Å²) in [4.78, 5) is 30.4. The maximum absolute atomic E-state index is 13.6. The fourth-order valence-corrected chi connectivity index (χ4v) is 5.09. The van der Waals surface area contributed by atoms with Crippen LogP contribution >= 0.6 is 23.2 Å². The molecule has 0 fully saturated rings. The highest BCUT2D eigenvalue weighted by atomic mass is 35.5. The Morgan fingerprint density at radius 1 is 1.12 bits per heavy atom. The van der Waals surface area contributed by atoms with Crippen molar-refractivity contribution in [3.05, 3.63) is 86.4 Å². The van der Waals surface area contributed by atoms with Crippen LogP contribution in [0.4, 0.5) is 4.39 Å². The smallest absolute Gasteiger partial charge is 0.273 e. The Morgan fingerprint density at radius 2 is 1.85 bits per heavy atom. The van der Waals surface area contributed by atoms with Gasteiger partial charge >= 0.3 is 0 Å². The van der Waals surface area contributed by atoms with Crippen molar-refractivity contribution in [2.75, 3.05) is 6.54 Å². The molecule has 0 radical (unpaired) electrons. The summed E-state index contributed by atoms with van der Waals surface area (Å²) in [6.45, 7) is 5.27. The molecule has 3 heterocycles. The maximum Gasteiger partial charge on any atom is 0.273 e. The van der Waals surface area contributed by atoms with Gasteiger partial charge in [0.15, 0.2) is 0 Å². The molecule has 2 amide bonds. The van der Waals surface area contributed by atoms with Crippen LogP contribution in [0.1, 0.15) is 57.6 Å². The molecule has 0 unspecified atom stereocenters. The van der Waals surface area contributed by atoms with Crippen LogP contribution in [0, 0.1) is 5.82 Å². The molecular weight excluding hydrogens is 478 g/mol. The molecule has 34 heavy (non-hydrogen) atoms. The lowest BCUT2D eigenvalue weighted by atomic mass is 9.97. The monoisotopic (exact) mass is 500 g/mol. The number of halogens is 3. The fourth-order valence-electron chi connectivity index (χ4n) is 4.79. The number of nitrogens with zero attached hydrogens (tertiary/aromatic N) is 4. The zero-order valence-electron chi connectivity index (χ0n) is 18.8. The van der Waals surface area contributed by atoms with Crippen molar-refractivity contribution in [1.29, 1.82) is 0 Å². The summed E-state index contributed by atoms with van der Waals surface area (Å²) in [6, 6.07) is 10.7. The molecule has 2 aliphatic rings. The topological polar surface area (TPSA) is 58.4 Å². The Hall–Kier alpha value is -2.90. The zero-order chi connectivity index (χ0) is 24.1. The predicted octanol–water partition coefficient (Wildman–Crippen LogP) is 5.13. The number of benzene rings is 2. The largest absolute Gasteiger partial charge is 0.331 e. The van der Waals surface area contributed by atoms with E-state index in [1.54, 1.807) is 44.8 Å². The predicted molar refractivity (Wildman–Crippen MR) is 128 cm³/mol. The van der Waals surface area contributed by atoms with Crippen LogP contribution in [0.25, 0.3) is 0 Å². The number of hydrogen-bond donors (Lipinski definition) is 0. The number of aromatic nitrogens is 2. The molecule has 0 aliphatic carbocycles. The van der Waals surface area contributed by atoms with E-state index in [4.69, 9.17) is 28.3 Å².